The van der Waals surface area contributed by atoms with E-state index < -0.39 is 66.8 Å². The molecule has 0 spiro atoms. The number of pyridine rings is 2. The number of rotatable bonds is 24. The van der Waals surface area contributed by atoms with E-state index >= 15 is 0 Å². The number of fused-ring (bicyclic) bond motifs is 5. The lowest BCUT2D eigenvalue weighted by atomic mass is 9.86. The van der Waals surface area contributed by atoms with Gasteiger partial charge in [0, 0.05) is 46.4 Å². The van der Waals surface area contributed by atoms with Crippen LogP contribution >= 0.6 is 11.8 Å². The number of benzene rings is 2. The highest BCUT2D eigenvalue weighted by Crippen LogP contribution is 2.46. The normalized spacial score (nSPS) is 16.4. The van der Waals surface area contributed by atoms with E-state index in [0.29, 0.717) is 27.5 Å². The molecule has 0 fully saturated rings. The summed E-state index contributed by atoms with van der Waals surface area (Å²) >= 11 is 1.36. The number of carbonyl (C=O) groups is 8. The van der Waals surface area contributed by atoms with Crippen molar-refractivity contribution >= 4 is 81.7 Å². The summed E-state index contributed by atoms with van der Waals surface area (Å²) in [5, 5.41) is 26.9. The molecule has 22 nitrogen and oxygen atoms in total. The van der Waals surface area contributed by atoms with E-state index in [-0.39, 0.29) is 107 Å². The molecule has 2 aromatic heterocycles. The van der Waals surface area contributed by atoms with Crippen molar-refractivity contribution in [2.45, 2.75) is 55.9 Å². The molecule has 7 amide bonds. The smallest absolute Gasteiger partial charge is 0.343 e. The Morgan fingerprint density at radius 2 is 1.49 bits per heavy atom. The van der Waals surface area contributed by atoms with Crippen LogP contribution in [-0.4, -0.2) is 139 Å². The number of hydrogen-bond acceptors (Lipinski definition) is 16. The van der Waals surface area contributed by atoms with Crippen LogP contribution in [0.25, 0.3) is 28.4 Å². The van der Waals surface area contributed by atoms with Gasteiger partial charge in [0.05, 0.1) is 101 Å². The number of imide groups is 1. The Morgan fingerprint density at radius 1 is 0.808 bits per heavy atom. The van der Waals surface area contributed by atoms with E-state index in [4.69, 9.17) is 23.9 Å². The van der Waals surface area contributed by atoms with Gasteiger partial charge in [0.25, 0.3) is 17.4 Å². The number of thioether (sulfide) groups is 1. The minimum absolute atomic E-state index is 0.0149. The average Bonchev–Trinajstić information content (AvgIpc) is 3.93. The number of amides is 7. The Kier molecular flexibility index (Phi) is 16.5. The standard InChI is InChI=1S/C50H52N8O14S/c1-2-50(68)33-23-37-45-31(27-58(37)48(66)32(33)28-72-49(50)67)30-13-21-73-46-35(9-8-34(56-45)44(30)46)54-41(62)26-53-47(65)36(22-29-6-4-3-5-7-29)55-40(61)25-52-39(60)24-51-38(59)12-15-69-17-19-71-20-18-70-16-14-57-42(63)10-11-43(57)64/h3-11,13,21,23,36,68H,2,12,14-20,22,24-28H2,1H3,(H,51,59)(H,52,60)(H,53,65)(H,54,62)(H,55,61)/t36-,50?/m0/s1. The van der Waals surface area contributed by atoms with Gasteiger partial charge in [0.2, 0.25) is 29.5 Å². The molecule has 2 aromatic carbocycles. The van der Waals surface area contributed by atoms with Crippen molar-refractivity contribution in [2.24, 2.45) is 0 Å². The fourth-order valence-corrected chi connectivity index (χ4v) is 9.48. The van der Waals surface area contributed by atoms with E-state index in [2.05, 4.69) is 26.6 Å². The minimum atomic E-state index is -1.96. The fraction of sp³-hybridized carbons (Fsp3) is 0.360. The highest BCUT2D eigenvalue weighted by atomic mass is 32.2. The molecular formula is C50H52N8O14S. The van der Waals surface area contributed by atoms with Gasteiger partial charge >= 0.3 is 5.97 Å². The number of ether oxygens (including phenoxy) is 4. The van der Waals surface area contributed by atoms with Crippen LogP contribution in [0.4, 0.5) is 5.69 Å². The molecule has 1 unspecified atom stereocenters. The van der Waals surface area contributed by atoms with Gasteiger partial charge < -0.3 is 55.2 Å². The summed E-state index contributed by atoms with van der Waals surface area (Å²) in [6.07, 6.45) is 4.38. The summed E-state index contributed by atoms with van der Waals surface area (Å²) in [5.74, 6) is -4.56. The number of anilines is 1. The van der Waals surface area contributed by atoms with Gasteiger partial charge in [0.15, 0.2) is 5.60 Å². The molecular weight excluding hydrogens is 969 g/mol. The first-order chi connectivity index (χ1) is 35.2. The number of carbonyl (C=O) groups excluding carboxylic acids is 8. The lowest BCUT2D eigenvalue weighted by Gasteiger charge is -2.31. The Bertz CT molecular complexity index is 2980. The Balaban J connectivity index is 0.783. The Hall–Kier alpha value is -7.57. The molecule has 6 N–H and O–H groups in total. The Morgan fingerprint density at radius 3 is 2.23 bits per heavy atom. The van der Waals surface area contributed by atoms with Gasteiger partial charge in [-0.3, -0.25) is 43.3 Å². The van der Waals surface area contributed by atoms with Crippen LogP contribution < -0.4 is 32.1 Å². The van der Waals surface area contributed by atoms with Gasteiger partial charge in [-0.05, 0) is 47.2 Å². The van der Waals surface area contributed by atoms with Crippen LogP contribution in [0.15, 0.2) is 75.8 Å². The van der Waals surface area contributed by atoms with Gasteiger partial charge in [0.1, 0.15) is 12.6 Å². The van der Waals surface area contributed by atoms with Gasteiger partial charge in [-0.15, -0.1) is 0 Å². The van der Waals surface area contributed by atoms with Crippen LogP contribution in [0.5, 0.6) is 0 Å². The number of aliphatic hydroxyl groups is 1. The summed E-state index contributed by atoms with van der Waals surface area (Å²) in [7, 11) is 0. The van der Waals surface area contributed by atoms with E-state index in [1.54, 1.807) is 60.0 Å². The minimum Gasteiger partial charge on any atom is -0.458 e. The van der Waals surface area contributed by atoms with Crippen molar-refractivity contribution in [1.82, 2.24) is 35.7 Å². The van der Waals surface area contributed by atoms with E-state index in [1.165, 1.54) is 23.9 Å². The molecule has 0 aliphatic carbocycles. The van der Waals surface area contributed by atoms with Crippen LogP contribution in [0.1, 0.15) is 47.6 Å². The number of cyclic esters (lactones) is 1. The highest BCUT2D eigenvalue weighted by molar-refractivity contribution is 8.02. The lowest BCUT2D eigenvalue weighted by Crippen LogP contribution is -2.52. The third-order valence-corrected chi connectivity index (χ3v) is 13.3. The number of nitrogens with zero attached hydrogens (tertiary/aromatic N) is 3. The molecule has 8 rings (SSSR count). The summed E-state index contributed by atoms with van der Waals surface area (Å²) in [4.78, 5) is 121. The average molecular weight is 1020 g/mol. The van der Waals surface area contributed by atoms with Gasteiger partial charge in [-0.1, -0.05) is 49.0 Å². The Labute approximate surface area is 421 Å². The maximum absolute atomic E-state index is 13.8. The summed E-state index contributed by atoms with van der Waals surface area (Å²) in [6, 6.07) is 12.8. The number of hydrogen-bond donors (Lipinski definition) is 6. The van der Waals surface area contributed by atoms with Crippen molar-refractivity contribution in [1.29, 1.82) is 0 Å². The predicted molar refractivity (Wildman–Crippen MR) is 262 cm³/mol. The maximum atomic E-state index is 13.8. The molecule has 4 aliphatic rings. The molecule has 2 atom stereocenters. The second kappa shape index (κ2) is 23.3. The number of nitrogens with one attached hydrogen (secondary N) is 5. The molecule has 73 heavy (non-hydrogen) atoms. The zero-order chi connectivity index (χ0) is 51.6. The van der Waals surface area contributed by atoms with Gasteiger partial charge in [-0.25, -0.2) is 9.78 Å². The second-order valence-electron chi connectivity index (χ2n) is 17.1. The molecule has 6 heterocycles. The van der Waals surface area contributed by atoms with Crippen molar-refractivity contribution in [2.75, 3.05) is 71.1 Å². The van der Waals surface area contributed by atoms with Crippen molar-refractivity contribution in [3.8, 4) is 11.4 Å². The SMILES string of the molecule is CCC1(O)C(=O)OCc2c1cc1n(c2=O)Cc2c-1nc1ccc(NC(=O)CNC(=O)[C@H](Cc3ccccc3)NC(=O)CNC(=O)CNC(=O)CCOCCOCCOCCN3C(=O)C=CC3=O)c3c1c2C=CS3. The quantitative estimate of drug-likeness (QED) is 0.0279. The fourth-order valence-electron chi connectivity index (χ4n) is 8.56. The third kappa shape index (κ3) is 11.9. The van der Waals surface area contributed by atoms with Crippen LogP contribution in [0, 0.1) is 0 Å². The molecule has 0 radical (unpaired) electrons. The van der Waals surface area contributed by atoms with Crippen molar-refractivity contribution in [3.05, 3.63) is 104 Å². The summed E-state index contributed by atoms with van der Waals surface area (Å²) < 4.78 is 22.9. The zero-order valence-electron chi connectivity index (χ0n) is 39.6. The molecule has 0 bridgehead atoms. The topological polar surface area (TPSA) is 292 Å². The molecule has 23 heteroatoms. The third-order valence-electron chi connectivity index (χ3n) is 12.4. The number of aromatic nitrogens is 2. The zero-order valence-corrected chi connectivity index (χ0v) is 40.4. The second-order valence-corrected chi connectivity index (χ2v) is 18.0. The molecule has 4 aliphatic heterocycles. The highest BCUT2D eigenvalue weighted by Gasteiger charge is 2.45. The first kappa shape index (κ1) is 51.8. The molecule has 0 saturated heterocycles. The first-order valence-corrected chi connectivity index (χ1v) is 24.3. The first-order valence-electron chi connectivity index (χ1n) is 23.5. The van der Waals surface area contributed by atoms with Gasteiger partial charge in [-0.2, -0.15) is 0 Å². The largest absolute Gasteiger partial charge is 0.458 e. The molecule has 382 valence electrons. The van der Waals surface area contributed by atoms with Crippen molar-refractivity contribution < 1.29 is 62.4 Å². The van der Waals surface area contributed by atoms with E-state index in [0.717, 1.165) is 27.0 Å². The van der Waals surface area contributed by atoms with Crippen LogP contribution in [-0.2, 0) is 82.5 Å². The lowest BCUT2D eigenvalue weighted by molar-refractivity contribution is -0.172. The number of esters is 1. The van der Waals surface area contributed by atoms with E-state index in [9.17, 15) is 48.3 Å². The van der Waals surface area contributed by atoms with Crippen LogP contribution in [0.2, 0.25) is 0 Å². The molecule has 4 aromatic rings. The van der Waals surface area contributed by atoms with E-state index in [1.807, 2.05) is 11.5 Å². The predicted octanol–water partition coefficient (Wildman–Crippen LogP) is 0.536. The monoisotopic (exact) mass is 1020 g/mol. The van der Waals surface area contributed by atoms with Crippen molar-refractivity contribution in [3.63, 3.8) is 0 Å². The summed E-state index contributed by atoms with van der Waals surface area (Å²) in [6.45, 7) is 1.56. The maximum Gasteiger partial charge on any atom is 0.343 e. The van der Waals surface area contributed by atoms with Crippen LogP contribution in [0.3, 0.4) is 0 Å². The summed E-state index contributed by atoms with van der Waals surface area (Å²) in [5.41, 5.74) is 2.40. The molecule has 0 saturated carbocycles.